The molecular formula is C22H23BrN4O5. The molecule has 0 aromatic heterocycles. The van der Waals surface area contributed by atoms with Crippen molar-refractivity contribution in [2.24, 2.45) is 5.10 Å². The van der Waals surface area contributed by atoms with Gasteiger partial charge in [-0.05, 0) is 52.7 Å². The summed E-state index contributed by atoms with van der Waals surface area (Å²) in [5, 5.41) is 8.84. The van der Waals surface area contributed by atoms with Gasteiger partial charge in [0.2, 0.25) is 0 Å². The number of benzene rings is 2. The molecule has 0 spiro atoms. The maximum absolute atomic E-state index is 12.2. The second-order valence-corrected chi connectivity index (χ2v) is 7.29. The Hall–Kier alpha value is -3.66. The number of aryl methyl sites for hydroxylation is 1. The number of amides is 3. The van der Waals surface area contributed by atoms with Crippen LogP contribution in [0.15, 0.2) is 58.6 Å². The normalized spacial score (nSPS) is 10.3. The molecule has 0 aliphatic heterocycles. The Morgan fingerprint density at radius 3 is 2.53 bits per heavy atom. The summed E-state index contributed by atoms with van der Waals surface area (Å²) in [5.41, 5.74) is 4.43. The first-order chi connectivity index (χ1) is 15.3. The molecule has 0 heterocycles. The zero-order valence-corrected chi connectivity index (χ0v) is 19.2. The van der Waals surface area contributed by atoms with Crippen molar-refractivity contribution >= 4 is 45.6 Å². The molecule has 0 fully saturated rings. The number of hydrazone groups is 1. The van der Waals surface area contributed by atoms with E-state index < -0.39 is 11.8 Å². The highest BCUT2D eigenvalue weighted by atomic mass is 79.9. The number of hydrogen-bond acceptors (Lipinski definition) is 6. The molecule has 0 aliphatic carbocycles. The van der Waals surface area contributed by atoms with E-state index in [1.54, 1.807) is 24.3 Å². The SMILES string of the molecule is C=CCNC(=O)C(=O)N/N=C\c1cc(Br)c(OCC(=O)Nc2ccc(C)cc2)c(OC)c1. The summed E-state index contributed by atoms with van der Waals surface area (Å²) >= 11 is 3.38. The summed E-state index contributed by atoms with van der Waals surface area (Å²) in [6, 6.07) is 10.7. The first kappa shape index (κ1) is 24.6. The van der Waals surface area contributed by atoms with E-state index >= 15 is 0 Å². The van der Waals surface area contributed by atoms with Crippen molar-refractivity contribution in [3.05, 3.63) is 64.7 Å². The van der Waals surface area contributed by atoms with Crippen molar-refractivity contribution in [2.75, 3.05) is 25.6 Å². The molecule has 0 atom stereocenters. The van der Waals surface area contributed by atoms with Crippen LogP contribution >= 0.6 is 15.9 Å². The highest BCUT2D eigenvalue weighted by molar-refractivity contribution is 9.10. The lowest BCUT2D eigenvalue weighted by atomic mass is 10.2. The van der Waals surface area contributed by atoms with E-state index in [4.69, 9.17) is 9.47 Å². The smallest absolute Gasteiger partial charge is 0.329 e. The standard InChI is InChI=1S/C22H23BrN4O5/c1-4-9-24-21(29)22(30)27-25-12-15-10-17(23)20(18(11-15)31-3)32-13-19(28)26-16-7-5-14(2)6-8-16/h4-8,10-12H,1,9,13H2,2-3H3,(H,24,29)(H,26,28)(H,27,30)/b25-12-. The largest absolute Gasteiger partial charge is 0.493 e. The van der Waals surface area contributed by atoms with Crippen molar-refractivity contribution in [1.82, 2.24) is 10.7 Å². The molecule has 0 saturated heterocycles. The second kappa shape index (κ2) is 12.3. The number of carbonyl (C=O) groups excluding carboxylic acids is 3. The summed E-state index contributed by atoms with van der Waals surface area (Å²) in [4.78, 5) is 35.3. The number of ether oxygens (including phenoxy) is 2. The lowest BCUT2D eigenvalue weighted by Crippen LogP contribution is -2.37. The zero-order chi connectivity index (χ0) is 23.5. The Morgan fingerprint density at radius 1 is 1.16 bits per heavy atom. The van der Waals surface area contributed by atoms with Crippen LogP contribution < -0.4 is 25.5 Å². The number of halogens is 1. The number of hydrogen-bond donors (Lipinski definition) is 3. The molecule has 9 nitrogen and oxygen atoms in total. The minimum Gasteiger partial charge on any atom is -0.493 e. The van der Waals surface area contributed by atoms with Crippen LogP contribution in [0.4, 0.5) is 5.69 Å². The maximum Gasteiger partial charge on any atom is 0.329 e. The molecule has 2 aromatic carbocycles. The minimum absolute atomic E-state index is 0.171. The number of anilines is 1. The van der Waals surface area contributed by atoms with Crippen LogP contribution in [0.2, 0.25) is 0 Å². The Labute approximate surface area is 194 Å². The maximum atomic E-state index is 12.2. The Balaban J connectivity index is 1.99. The minimum atomic E-state index is -0.909. The molecule has 0 saturated carbocycles. The number of rotatable bonds is 9. The van der Waals surface area contributed by atoms with Gasteiger partial charge in [0.15, 0.2) is 18.1 Å². The molecule has 2 rings (SSSR count). The van der Waals surface area contributed by atoms with Crippen LogP contribution in [0, 0.1) is 6.92 Å². The van der Waals surface area contributed by atoms with Gasteiger partial charge in [0.25, 0.3) is 5.91 Å². The van der Waals surface area contributed by atoms with Crippen LogP contribution in [0.1, 0.15) is 11.1 Å². The summed E-state index contributed by atoms with van der Waals surface area (Å²) in [7, 11) is 1.45. The van der Waals surface area contributed by atoms with Gasteiger partial charge in [0.05, 0.1) is 17.8 Å². The van der Waals surface area contributed by atoms with E-state index in [2.05, 4.69) is 43.7 Å². The first-order valence-corrected chi connectivity index (χ1v) is 10.2. The zero-order valence-electron chi connectivity index (χ0n) is 17.6. The van der Waals surface area contributed by atoms with Crippen molar-refractivity contribution in [3.63, 3.8) is 0 Å². The van der Waals surface area contributed by atoms with Gasteiger partial charge in [-0.1, -0.05) is 23.8 Å². The van der Waals surface area contributed by atoms with E-state index in [9.17, 15) is 14.4 Å². The van der Waals surface area contributed by atoms with Crippen LogP contribution in [-0.2, 0) is 14.4 Å². The van der Waals surface area contributed by atoms with Gasteiger partial charge in [-0.15, -0.1) is 6.58 Å². The Kier molecular flexibility index (Phi) is 9.43. The fourth-order valence-corrected chi connectivity index (χ4v) is 2.96. The van der Waals surface area contributed by atoms with Crippen molar-refractivity contribution < 1.29 is 23.9 Å². The van der Waals surface area contributed by atoms with Gasteiger partial charge in [0, 0.05) is 12.2 Å². The van der Waals surface area contributed by atoms with Gasteiger partial charge in [-0.3, -0.25) is 14.4 Å². The van der Waals surface area contributed by atoms with Gasteiger partial charge in [0.1, 0.15) is 0 Å². The Morgan fingerprint density at radius 2 is 1.88 bits per heavy atom. The van der Waals surface area contributed by atoms with Crippen molar-refractivity contribution in [2.45, 2.75) is 6.92 Å². The molecule has 10 heteroatoms. The lowest BCUT2D eigenvalue weighted by molar-refractivity contribution is -0.139. The van der Waals surface area contributed by atoms with Crippen LogP contribution in [0.3, 0.4) is 0 Å². The fraction of sp³-hybridized carbons (Fsp3) is 0.182. The quantitative estimate of drug-likeness (QED) is 0.210. The molecule has 0 bridgehead atoms. The van der Waals surface area contributed by atoms with E-state index in [0.717, 1.165) is 5.56 Å². The van der Waals surface area contributed by atoms with Gasteiger partial charge in [-0.25, -0.2) is 5.43 Å². The predicted molar refractivity (Wildman–Crippen MR) is 125 cm³/mol. The number of carbonyl (C=O) groups is 3. The Bertz CT molecular complexity index is 1020. The van der Waals surface area contributed by atoms with Gasteiger partial charge in [-0.2, -0.15) is 5.10 Å². The molecule has 168 valence electrons. The van der Waals surface area contributed by atoms with Crippen LogP contribution in [0.25, 0.3) is 0 Å². The van der Waals surface area contributed by atoms with Crippen molar-refractivity contribution in [1.29, 1.82) is 0 Å². The number of methoxy groups -OCH3 is 1. The van der Waals surface area contributed by atoms with Crippen LogP contribution in [-0.4, -0.2) is 44.2 Å². The van der Waals surface area contributed by atoms with E-state index in [1.165, 1.54) is 19.4 Å². The summed E-state index contributed by atoms with van der Waals surface area (Å²) in [5.74, 6) is -1.39. The van der Waals surface area contributed by atoms with E-state index in [-0.39, 0.29) is 19.1 Å². The summed E-state index contributed by atoms with van der Waals surface area (Å²) in [6.45, 7) is 5.35. The monoisotopic (exact) mass is 502 g/mol. The third-order valence-corrected chi connectivity index (χ3v) is 4.52. The average Bonchev–Trinajstić information content (AvgIpc) is 2.77. The second-order valence-electron chi connectivity index (χ2n) is 6.43. The summed E-state index contributed by atoms with van der Waals surface area (Å²) in [6.07, 6.45) is 2.79. The van der Waals surface area contributed by atoms with Gasteiger partial charge >= 0.3 is 11.8 Å². The topological polar surface area (TPSA) is 118 Å². The lowest BCUT2D eigenvalue weighted by Gasteiger charge is -2.13. The van der Waals surface area contributed by atoms with Crippen molar-refractivity contribution in [3.8, 4) is 11.5 Å². The molecule has 0 unspecified atom stereocenters. The molecular weight excluding hydrogens is 480 g/mol. The van der Waals surface area contributed by atoms with Crippen LogP contribution in [0.5, 0.6) is 11.5 Å². The molecule has 3 N–H and O–H groups in total. The highest BCUT2D eigenvalue weighted by Crippen LogP contribution is 2.36. The van der Waals surface area contributed by atoms with E-state index in [1.807, 2.05) is 19.1 Å². The molecule has 3 amide bonds. The third kappa shape index (κ3) is 7.55. The molecule has 0 radical (unpaired) electrons. The molecule has 32 heavy (non-hydrogen) atoms. The molecule has 2 aromatic rings. The predicted octanol–water partition coefficient (Wildman–Crippen LogP) is 2.54. The van der Waals surface area contributed by atoms with Gasteiger partial charge < -0.3 is 20.1 Å². The third-order valence-electron chi connectivity index (χ3n) is 3.93. The molecule has 0 aliphatic rings. The first-order valence-electron chi connectivity index (χ1n) is 9.43. The number of nitrogens with zero attached hydrogens (tertiary/aromatic N) is 1. The highest BCUT2D eigenvalue weighted by Gasteiger charge is 2.14. The average molecular weight is 503 g/mol. The van der Waals surface area contributed by atoms with E-state index in [0.29, 0.717) is 27.2 Å². The fourth-order valence-electron chi connectivity index (χ4n) is 2.39. The number of nitrogens with one attached hydrogen (secondary N) is 3. The summed E-state index contributed by atoms with van der Waals surface area (Å²) < 4.78 is 11.5.